The molecule has 0 aliphatic carbocycles. The molecule has 60 valence electrons. The largest absolute Gasteiger partial charge is 0.480 e. The standard InChI is InChI=1S/C8H11NO2/c1-2-3-6-4-5-7(9-6)8(10)11/h6-7,9H,4-5H2,1H3,(H,10,11)/t6?,7-/m0/s1. The van der Waals surface area contributed by atoms with Gasteiger partial charge < -0.3 is 5.11 Å². The molecule has 1 aliphatic rings. The molecule has 1 rings (SSSR count). The van der Waals surface area contributed by atoms with Crippen molar-refractivity contribution < 1.29 is 9.90 Å². The van der Waals surface area contributed by atoms with Crippen LogP contribution in [-0.2, 0) is 4.79 Å². The molecule has 0 bridgehead atoms. The van der Waals surface area contributed by atoms with Gasteiger partial charge in [0.25, 0.3) is 0 Å². The lowest BCUT2D eigenvalue weighted by Crippen LogP contribution is -2.34. The first-order chi connectivity index (χ1) is 5.24. The first-order valence-electron chi connectivity index (χ1n) is 3.65. The average molecular weight is 153 g/mol. The highest BCUT2D eigenvalue weighted by Gasteiger charge is 2.27. The van der Waals surface area contributed by atoms with Gasteiger partial charge in [0, 0.05) is 0 Å². The molecule has 0 saturated carbocycles. The lowest BCUT2D eigenvalue weighted by atomic mass is 10.2. The third-order valence-electron chi connectivity index (χ3n) is 1.76. The van der Waals surface area contributed by atoms with Gasteiger partial charge in [-0.25, -0.2) is 0 Å². The Labute approximate surface area is 65.8 Å². The van der Waals surface area contributed by atoms with Crippen molar-refractivity contribution in [3.63, 3.8) is 0 Å². The minimum atomic E-state index is -0.773. The number of hydrogen-bond acceptors (Lipinski definition) is 2. The van der Waals surface area contributed by atoms with Gasteiger partial charge in [0.1, 0.15) is 6.04 Å². The Morgan fingerprint density at radius 1 is 1.64 bits per heavy atom. The number of nitrogens with one attached hydrogen (secondary N) is 1. The van der Waals surface area contributed by atoms with E-state index in [0.717, 1.165) is 6.42 Å². The topological polar surface area (TPSA) is 49.3 Å². The van der Waals surface area contributed by atoms with Gasteiger partial charge in [-0.15, -0.1) is 5.92 Å². The number of carbonyl (C=O) groups is 1. The molecule has 0 aromatic rings. The average Bonchev–Trinajstić information content (AvgIpc) is 2.37. The molecular weight excluding hydrogens is 142 g/mol. The summed E-state index contributed by atoms with van der Waals surface area (Å²) >= 11 is 0. The number of rotatable bonds is 1. The molecule has 3 heteroatoms. The summed E-state index contributed by atoms with van der Waals surface area (Å²) in [7, 11) is 0. The molecule has 3 nitrogen and oxygen atoms in total. The van der Waals surface area contributed by atoms with Crippen LogP contribution in [0, 0.1) is 11.8 Å². The maximum absolute atomic E-state index is 10.4. The SMILES string of the molecule is CC#CC1CC[C@@H](C(=O)O)N1. The highest BCUT2D eigenvalue weighted by molar-refractivity contribution is 5.74. The summed E-state index contributed by atoms with van der Waals surface area (Å²) in [6.45, 7) is 1.76. The van der Waals surface area contributed by atoms with E-state index in [1.54, 1.807) is 6.92 Å². The van der Waals surface area contributed by atoms with Crippen molar-refractivity contribution in [1.29, 1.82) is 0 Å². The van der Waals surface area contributed by atoms with Crippen LogP contribution in [0.25, 0.3) is 0 Å². The predicted octanol–water partition coefficient (Wildman–Crippen LogP) is 0.215. The van der Waals surface area contributed by atoms with Gasteiger partial charge >= 0.3 is 5.97 Å². The van der Waals surface area contributed by atoms with Gasteiger partial charge in [-0.05, 0) is 19.8 Å². The van der Waals surface area contributed by atoms with Crippen LogP contribution in [-0.4, -0.2) is 23.2 Å². The molecule has 0 spiro atoms. The fourth-order valence-electron chi connectivity index (χ4n) is 1.23. The molecule has 2 N–H and O–H groups in total. The second-order valence-corrected chi connectivity index (χ2v) is 2.58. The van der Waals surface area contributed by atoms with Gasteiger partial charge in [-0.2, -0.15) is 0 Å². The number of carboxylic acids is 1. The maximum Gasteiger partial charge on any atom is 0.320 e. The molecule has 11 heavy (non-hydrogen) atoms. The summed E-state index contributed by atoms with van der Waals surface area (Å²) in [6.07, 6.45) is 1.53. The summed E-state index contributed by atoms with van der Waals surface area (Å²) in [5, 5.41) is 11.5. The Kier molecular flexibility index (Phi) is 2.50. The molecule has 1 aliphatic heterocycles. The smallest absolute Gasteiger partial charge is 0.320 e. The van der Waals surface area contributed by atoms with Crippen LogP contribution in [0.4, 0.5) is 0 Å². The van der Waals surface area contributed by atoms with Crippen LogP contribution < -0.4 is 5.32 Å². The molecular formula is C8H11NO2. The Bertz CT molecular complexity index is 214. The fraction of sp³-hybridized carbons (Fsp3) is 0.625. The Hall–Kier alpha value is -1.01. The molecule has 2 atom stereocenters. The number of carboxylic acid groups (broad SMARTS) is 1. The van der Waals surface area contributed by atoms with E-state index in [1.165, 1.54) is 0 Å². The lowest BCUT2D eigenvalue weighted by molar-refractivity contribution is -0.139. The summed E-state index contributed by atoms with van der Waals surface area (Å²) in [5.41, 5.74) is 0. The highest BCUT2D eigenvalue weighted by atomic mass is 16.4. The normalized spacial score (nSPS) is 29.2. The van der Waals surface area contributed by atoms with Crippen molar-refractivity contribution in [3.8, 4) is 11.8 Å². The zero-order valence-electron chi connectivity index (χ0n) is 6.42. The number of hydrogen-bond donors (Lipinski definition) is 2. The van der Waals surface area contributed by atoms with E-state index in [9.17, 15) is 4.79 Å². The van der Waals surface area contributed by atoms with Gasteiger partial charge in [0.15, 0.2) is 0 Å². The van der Waals surface area contributed by atoms with E-state index in [2.05, 4.69) is 17.2 Å². The summed E-state index contributed by atoms with van der Waals surface area (Å²) in [6, 6.07) is -0.304. The Balaban J connectivity index is 2.45. The van der Waals surface area contributed by atoms with Crippen molar-refractivity contribution in [2.45, 2.75) is 31.8 Å². The second-order valence-electron chi connectivity index (χ2n) is 2.58. The molecule has 0 radical (unpaired) electrons. The second kappa shape index (κ2) is 3.40. The monoisotopic (exact) mass is 153 g/mol. The van der Waals surface area contributed by atoms with Crippen molar-refractivity contribution in [3.05, 3.63) is 0 Å². The molecule has 1 saturated heterocycles. The predicted molar refractivity (Wildman–Crippen MR) is 41.0 cm³/mol. The van der Waals surface area contributed by atoms with Gasteiger partial charge in [0.05, 0.1) is 6.04 Å². The molecule has 1 unspecified atom stereocenters. The van der Waals surface area contributed by atoms with E-state index in [1.807, 2.05) is 0 Å². The molecule has 0 amide bonds. The van der Waals surface area contributed by atoms with Gasteiger partial charge in [-0.1, -0.05) is 5.92 Å². The molecule has 1 heterocycles. The summed E-state index contributed by atoms with van der Waals surface area (Å²) in [5.74, 6) is 4.90. The third kappa shape index (κ3) is 1.95. The first-order valence-corrected chi connectivity index (χ1v) is 3.65. The van der Waals surface area contributed by atoms with Crippen molar-refractivity contribution in [2.75, 3.05) is 0 Å². The molecule has 0 aromatic carbocycles. The van der Waals surface area contributed by atoms with Crippen LogP contribution in [0.3, 0.4) is 0 Å². The summed E-state index contributed by atoms with van der Waals surface area (Å²) in [4.78, 5) is 10.4. The van der Waals surface area contributed by atoms with Crippen LogP contribution in [0.2, 0.25) is 0 Å². The van der Waals surface area contributed by atoms with Crippen molar-refractivity contribution in [2.24, 2.45) is 0 Å². The first kappa shape index (κ1) is 8.09. The maximum atomic E-state index is 10.4. The van der Waals surface area contributed by atoms with E-state index < -0.39 is 5.97 Å². The quantitative estimate of drug-likeness (QED) is 0.529. The zero-order chi connectivity index (χ0) is 8.27. The Morgan fingerprint density at radius 2 is 2.36 bits per heavy atom. The summed E-state index contributed by atoms with van der Waals surface area (Å²) < 4.78 is 0. The van der Waals surface area contributed by atoms with Crippen LogP contribution in [0.1, 0.15) is 19.8 Å². The van der Waals surface area contributed by atoms with Gasteiger partial charge in [-0.3, -0.25) is 10.1 Å². The van der Waals surface area contributed by atoms with Crippen LogP contribution in [0.15, 0.2) is 0 Å². The van der Waals surface area contributed by atoms with E-state index in [-0.39, 0.29) is 12.1 Å². The minimum Gasteiger partial charge on any atom is -0.480 e. The van der Waals surface area contributed by atoms with Crippen molar-refractivity contribution >= 4 is 5.97 Å². The molecule has 1 fully saturated rings. The lowest BCUT2D eigenvalue weighted by Gasteiger charge is -2.03. The van der Waals surface area contributed by atoms with Crippen molar-refractivity contribution in [1.82, 2.24) is 5.32 Å². The van der Waals surface area contributed by atoms with E-state index in [4.69, 9.17) is 5.11 Å². The van der Waals surface area contributed by atoms with Gasteiger partial charge in [0.2, 0.25) is 0 Å². The number of aliphatic carboxylic acids is 1. The highest BCUT2D eigenvalue weighted by Crippen LogP contribution is 2.11. The fourth-order valence-corrected chi connectivity index (χ4v) is 1.23. The Morgan fingerprint density at radius 3 is 2.82 bits per heavy atom. The molecule has 0 aromatic heterocycles. The minimum absolute atomic E-state index is 0.0844. The van der Waals surface area contributed by atoms with E-state index >= 15 is 0 Å². The van der Waals surface area contributed by atoms with Crippen LogP contribution in [0.5, 0.6) is 0 Å². The zero-order valence-corrected chi connectivity index (χ0v) is 6.42. The third-order valence-corrected chi connectivity index (χ3v) is 1.76. The van der Waals surface area contributed by atoms with Crippen LogP contribution >= 0.6 is 0 Å². The van der Waals surface area contributed by atoms with E-state index in [0.29, 0.717) is 6.42 Å².